The molecule has 0 spiro atoms. The Morgan fingerprint density at radius 2 is 2.00 bits per heavy atom. The SMILES string of the molecule is CCc1[nH]n(-c2ccc(F)cc2)c(=O)c1Br. The molecule has 0 saturated heterocycles. The summed E-state index contributed by atoms with van der Waals surface area (Å²) in [4.78, 5) is 11.8. The monoisotopic (exact) mass is 284 g/mol. The minimum atomic E-state index is -0.321. The molecule has 2 aromatic rings. The number of aromatic amines is 1. The molecule has 1 aromatic carbocycles. The van der Waals surface area contributed by atoms with Crippen LogP contribution in [-0.2, 0) is 6.42 Å². The van der Waals surface area contributed by atoms with Crippen molar-refractivity contribution in [1.29, 1.82) is 0 Å². The highest BCUT2D eigenvalue weighted by molar-refractivity contribution is 9.10. The highest BCUT2D eigenvalue weighted by Crippen LogP contribution is 2.13. The van der Waals surface area contributed by atoms with Gasteiger partial charge in [0.2, 0.25) is 0 Å². The second-order valence-corrected chi connectivity index (χ2v) is 4.17. The van der Waals surface area contributed by atoms with E-state index in [4.69, 9.17) is 0 Å². The Balaban J connectivity index is 2.56. The fraction of sp³-hybridized carbons (Fsp3) is 0.182. The topological polar surface area (TPSA) is 37.8 Å². The standard InChI is InChI=1S/C11H10BrFN2O/c1-2-9-10(12)11(16)15(14-9)8-5-3-7(13)4-6-8/h3-6,14H,2H2,1H3. The van der Waals surface area contributed by atoms with E-state index in [1.54, 1.807) is 12.1 Å². The van der Waals surface area contributed by atoms with Crippen LogP contribution in [0.1, 0.15) is 12.6 Å². The number of hydrogen-bond acceptors (Lipinski definition) is 1. The van der Waals surface area contributed by atoms with Gasteiger partial charge in [-0.15, -0.1) is 0 Å². The number of halogens is 2. The normalized spacial score (nSPS) is 10.7. The molecule has 0 fully saturated rings. The third-order valence-corrected chi connectivity index (χ3v) is 3.16. The number of aryl methyl sites for hydroxylation is 1. The van der Waals surface area contributed by atoms with Crippen molar-refractivity contribution in [1.82, 2.24) is 9.78 Å². The summed E-state index contributed by atoms with van der Waals surface area (Å²) in [6, 6.07) is 5.75. The molecule has 3 nitrogen and oxygen atoms in total. The van der Waals surface area contributed by atoms with E-state index in [9.17, 15) is 9.18 Å². The van der Waals surface area contributed by atoms with Gasteiger partial charge in [-0.05, 0) is 46.6 Å². The third kappa shape index (κ3) is 1.82. The van der Waals surface area contributed by atoms with Crippen molar-refractivity contribution < 1.29 is 4.39 Å². The van der Waals surface area contributed by atoms with Crippen molar-refractivity contribution in [2.45, 2.75) is 13.3 Å². The Bertz CT molecular complexity index is 556. The first-order valence-electron chi connectivity index (χ1n) is 4.88. The maximum absolute atomic E-state index is 12.7. The molecule has 16 heavy (non-hydrogen) atoms. The summed E-state index contributed by atoms with van der Waals surface area (Å²) >= 11 is 3.23. The lowest BCUT2D eigenvalue weighted by molar-refractivity contribution is 0.626. The molecular formula is C11H10BrFN2O. The summed E-state index contributed by atoms with van der Waals surface area (Å²) in [7, 11) is 0. The van der Waals surface area contributed by atoms with Gasteiger partial charge >= 0.3 is 0 Å². The zero-order valence-corrected chi connectivity index (χ0v) is 10.2. The van der Waals surface area contributed by atoms with Crippen molar-refractivity contribution in [2.75, 3.05) is 0 Å². The van der Waals surface area contributed by atoms with Crippen LogP contribution in [0.25, 0.3) is 5.69 Å². The van der Waals surface area contributed by atoms with Crippen LogP contribution in [0.5, 0.6) is 0 Å². The Hall–Kier alpha value is -1.36. The van der Waals surface area contributed by atoms with Crippen molar-refractivity contribution in [3.63, 3.8) is 0 Å². The Morgan fingerprint density at radius 3 is 2.50 bits per heavy atom. The van der Waals surface area contributed by atoms with Crippen LogP contribution >= 0.6 is 15.9 Å². The number of rotatable bonds is 2. The molecule has 0 saturated carbocycles. The van der Waals surface area contributed by atoms with Crippen LogP contribution < -0.4 is 5.56 Å². The van der Waals surface area contributed by atoms with Gasteiger partial charge in [0.1, 0.15) is 10.3 Å². The maximum atomic E-state index is 12.7. The Labute approximate surface area is 100 Å². The predicted molar refractivity (Wildman–Crippen MR) is 63.4 cm³/mol. The van der Waals surface area contributed by atoms with Gasteiger partial charge in [-0.1, -0.05) is 6.92 Å². The number of aromatic nitrogens is 2. The molecule has 2 rings (SSSR count). The van der Waals surface area contributed by atoms with E-state index in [1.807, 2.05) is 6.92 Å². The van der Waals surface area contributed by atoms with Crippen molar-refractivity contribution >= 4 is 15.9 Å². The molecule has 1 aromatic heterocycles. The Kier molecular flexibility index (Phi) is 2.96. The first kappa shape index (κ1) is 11.1. The molecule has 0 atom stereocenters. The molecule has 0 unspecified atom stereocenters. The van der Waals surface area contributed by atoms with Gasteiger partial charge in [0.05, 0.1) is 11.4 Å². The van der Waals surface area contributed by atoms with Crippen LogP contribution in [-0.4, -0.2) is 9.78 Å². The van der Waals surface area contributed by atoms with Gasteiger partial charge in [-0.25, -0.2) is 9.07 Å². The fourth-order valence-electron chi connectivity index (χ4n) is 1.47. The van der Waals surface area contributed by atoms with E-state index in [0.717, 1.165) is 12.1 Å². The average molecular weight is 285 g/mol. The van der Waals surface area contributed by atoms with E-state index in [2.05, 4.69) is 21.0 Å². The quantitative estimate of drug-likeness (QED) is 0.905. The average Bonchev–Trinajstić information content (AvgIpc) is 2.57. The second-order valence-electron chi connectivity index (χ2n) is 3.37. The molecular weight excluding hydrogens is 275 g/mol. The molecule has 5 heteroatoms. The van der Waals surface area contributed by atoms with E-state index in [-0.39, 0.29) is 11.4 Å². The number of H-pyrrole nitrogens is 1. The molecule has 1 N–H and O–H groups in total. The maximum Gasteiger partial charge on any atom is 0.285 e. The summed E-state index contributed by atoms with van der Waals surface area (Å²) in [5, 5.41) is 2.97. The summed E-state index contributed by atoms with van der Waals surface area (Å²) in [6.07, 6.45) is 0.726. The zero-order valence-electron chi connectivity index (χ0n) is 8.63. The summed E-state index contributed by atoms with van der Waals surface area (Å²) in [6.45, 7) is 1.95. The lowest BCUT2D eigenvalue weighted by Crippen LogP contribution is -2.14. The molecule has 1 heterocycles. The number of benzene rings is 1. The Morgan fingerprint density at radius 1 is 1.38 bits per heavy atom. The number of nitrogens with one attached hydrogen (secondary N) is 1. The molecule has 84 valence electrons. The van der Waals surface area contributed by atoms with Gasteiger partial charge in [0.25, 0.3) is 5.56 Å². The van der Waals surface area contributed by atoms with Gasteiger partial charge in [-0.2, -0.15) is 0 Å². The predicted octanol–water partition coefficient (Wildman–Crippen LogP) is 2.63. The molecule has 0 aliphatic rings. The van der Waals surface area contributed by atoms with Crippen molar-refractivity contribution in [2.24, 2.45) is 0 Å². The largest absolute Gasteiger partial charge is 0.294 e. The van der Waals surface area contributed by atoms with Crippen LogP contribution in [0, 0.1) is 5.82 Å². The molecule has 0 aliphatic heterocycles. The molecule has 0 amide bonds. The first-order chi connectivity index (χ1) is 7.63. The molecule has 0 radical (unpaired) electrons. The summed E-state index contributed by atoms with van der Waals surface area (Å²) in [5.74, 6) is -0.321. The third-order valence-electron chi connectivity index (χ3n) is 2.34. The lowest BCUT2D eigenvalue weighted by atomic mass is 10.3. The van der Waals surface area contributed by atoms with Gasteiger partial charge in [0, 0.05) is 0 Å². The zero-order chi connectivity index (χ0) is 11.7. The van der Waals surface area contributed by atoms with E-state index in [1.165, 1.54) is 16.8 Å². The van der Waals surface area contributed by atoms with Crippen LogP contribution in [0.15, 0.2) is 33.5 Å². The summed E-state index contributed by atoms with van der Waals surface area (Å²) < 4.78 is 14.7. The number of nitrogens with zero attached hydrogens (tertiary/aromatic N) is 1. The van der Waals surface area contributed by atoms with Crippen molar-refractivity contribution in [3.8, 4) is 5.69 Å². The van der Waals surface area contributed by atoms with Crippen LogP contribution in [0.2, 0.25) is 0 Å². The highest BCUT2D eigenvalue weighted by atomic mass is 79.9. The molecule has 0 bridgehead atoms. The van der Waals surface area contributed by atoms with E-state index >= 15 is 0 Å². The van der Waals surface area contributed by atoms with Crippen LogP contribution in [0.4, 0.5) is 4.39 Å². The van der Waals surface area contributed by atoms with Crippen molar-refractivity contribution in [3.05, 3.63) is 50.6 Å². The molecule has 0 aliphatic carbocycles. The smallest absolute Gasteiger partial charge is 0.285 e. The van der Waals surface area contributed by atoms with Gasteiger partial charge in [-0.3, -0.25) is 9.89 Å². The van der Waals surface area contributed by atoms with Gasteiger partial charge in [0.15, 0.2) is 0 Å². The minimum Gasteiger partial charge on any atom is -0.294 e. The van der Waals surface area contributed by atoms with E-state index < -0.39 is 0 Å². The van der Waals surface area contributed by atoms with E-state index in [0.29, 0.717) is 10.2 Å². The van der Waals surface area contributed by atoms with Gasteiger partial charge < -0.3 is 0 Å². The summed E-state index contributed by atoms with van der Waals surface area (Å²) in [5.41, 5.74) is 1.28. The van der Waals surface area contributed by atoms with Crippen LogP contribution in [0.3, 0.4) is 0 Å². The second kappa shape index (κ2) is 4.25. The minimum absolute atomic E-state index is 0.163. The highest BCUT2D eigenvalue weighted by Gasteiger charge is 2.10. The lowest BCUT2D eigenvalue weighted by Gasteiger charge is -2.00. The fourth-order valence-corrected chi connectivity index (χ4v) is 2.01. The number of hydrogen-bond donors (Lipinski definition) is 1. The first-order valence-corrected chi connectivity index (χ1v) is 5.68.